The van der Waals surface area contributed by atoms with Crippen LogP contribution in [0.2, 0.25) is 0 Å². The lowest BCUT2D eigenvalue weighted by Crippen LogP contribution is -2.40. The molecule has 2 aromatic rings. The Balaban J connectivity index is 1.84. The quantitative estimate of drug-likeness (QED) is 0.484. The van der Waals surface area contributed by atoms with E-state index >= 15 is 0 Å². The van der Waals surface area contributed by atoms with Gasteiger partial charge in [-0.15, -0.1) is 0 Å². The summed E-state index contributed by atoms with van der Waals surface area (Å²) in [6.07, 6.45) is 2.52. The standard InChI is InChI=1S/C22H29FN2O5S2/c1-2-3-4-13-25(18-19-5-7-20(23)8-6-19)32(28,29)22-11-9-21(10-12-22)31(26,27)24-14-16-30-17-15-24/h5-12H,2-4,13-18H2,1H3. The monoisotopic (exact) mass is 484 g/mol. The first-order chi connectivity index (χ1) is 15.2. The van der Waals surface area contributed by atoms with Crippen molar-refractivity contribution in [3.8, 4) is 0 Å². The average Bonchev–Trinajstić information content (AvgIpc) is 2.80. The molecule has 0 aliphatic carbocycles. The molecule has 1 aliphatic heterocycles. The molecule has 0 N–H and O–H groups in total. The molecule has 0 spiro atoms. The first-order valence-corrected chi connectivity index (χ1v) is 13.6. The van der Waals surface area contributed by atoms with Crippen molar-refractivity contribution in [3.05, 3.63) is 59.9 Å². The highest BCUT2D eigenvalue weighted by atomic mass is 32.2. The molecule has 3 rings (SSSR count). The van der Waals surface area contributed by atoms with Crippen molar-refractivity contribution in [2.24, 2.45) is 0 Å². The van der Waals surface area contributed by atoms with Crippen LogP contribution in [-0.4, -0.2) is 58.3 Å². The molecule has 1 aliphatic rings. The minimum absolute atomic E-state index is 0.0250. The molecule has 0 aromatic heterocycles. The summed E-state index contributed by atoms with van der Waals surface area (Å²) in [7, 11) is -7.57. The summed E-state index contributed by atoms with van der Waals surface area (Å²) in [6, 6.07) is 11.1. The summed E-state index contributed by atoms with van der Waals surface area (Å²) in [5.74, 6) is -0.383. The van der Waals surface area contributed by atoms with Crippen LogP contribution in [0.1, 0.15) is 31.7 Å². The molecule has 0 saturated carbocycles. The molecule has 32 heavy (non-hydrogen) atoms. The van der Waals surface area contributed by atoms with Gasteiger partial charge in [0.1, 0.15) is 5.82 Å². The average molecular weight is 485 g/mol. The zero-order valence-electron chi connectivity index (χ0n) is 18.1. The van der Waals surface area contributed by atoms with Gasteiger partial charge in [0.2, 0.25) is 20.0 Å². The summed E-state index contributed by atoms with van der Waals surface area (Å²) in [4.78, 5) is 0.0754. The summed E-state index contributed by atoms with van der Waals surface area (Å²) in [5, 5.41) is 0. The highest BCUT2D eigenvalue weighted by Crippen LogP contribution is 2.23. The normalized spacial score (nSPS) is 15.8. The van der Waals surface area contributed by atoms with Crippen LogP contribution in [0.5, 0.6) is 0 Å². The molecular weight excluding hydrogens is 455 g/mol. The van der Waals surface area contributed by atoms with E-state index in [0.717, 1.165) is 12.8 Å². The van der Waals surface area contributed by atoms with Crippen LogP contribution in [0.4, 0.5) is 4.39 Å². The van der Waals surface area contributed by atoms with Crippen LogP contribution < -0.4 is 0 Å². The Bertz CT molecular complexity index is 1080. The maximum atomic E-state index is 13.3. The van der Waals surface area contributed by atoms with E-state index in [1.807, 2.05) is 6.92 Å². The summed E-state index contributed by atoms with van der Waals surface area (Å²) in [5.41, 5.74) is 0.679. The maximum Gasteiger partial charge on any atom is 0.243 e. The van der Waals surface area contributed by atoms with Crippen molar-refractivity contribution < 1.29 is 26.0 Å². The Morgan fingerprint density at radius 3 is 2.09 bits per heavy atom. The van der Waals surface area contributed by atoms with Crippen LogP contribution in [0.15, 0.2) is 58.3 Å². The number of ether oxygens (including phenoxy) is 1. The van der Waals surface area contributed by atoms with Gasteiger partial charge in [0.05, 0.1) is 23.0 Å². The molecule has 176 valence electrons. The van der Waals surface area contributed by atoms with E-state index in [1.165, 1.54) is 45.0 Å². The van der Waals surface area contributed by atoms with E-state index in [-0.39, 0.29) is 35.2 Å². The third-order valence-electron chi connectivity index (χ3n) is 5.35. The number of sulfonamides is 2. The molecular formula is C22H29FN2O5S2. The van der Waals surface area contributed by atoms with Gasteiger partial charge in [-0.2, -0.15) is 8.61 Å². The molecule has 0 unspecified atom stereocenters. The Kier molecular flexibility index (Phi) is 8.40. The second-order valence-electron chi connectivity index (χ2n) is 7.66. The topological polar surface area (TPSA) is 84.0 Å². The molecule has 1 fully saturated rings. The first-order valence-electron chi connectivity index (χ1n) is 10.7. The molecule has 0 amide bonds. The molecule has 7 nitrogen and oxygen atoms in total. The Hall–Kier alpha value is -1.85. The van der Waals surface area contributed by atoms with Crippen molar-refractivity contribution in [2.45, 2.75) is 42.5 Å². The fourth-order valence-corrected chi connectivity index (χ4v) is 6.36. The fourth-order valence-electron chi connectivity index (χ4n) is 3.48. The van der Waals surface area contributed by atoms with Crippen molar-refractivity contribution in [3.63, 3.8) is 0 Å². The van der Waals surface area contributed by atoms with Gasteiger partial charge < -0.3 is 4.74 Å². The zero-order chi connectivity index (χ0) is 23.2. The van der Waals surface area contributed by atoms with E-state index in [0.29, 0.717) is 31.7 Å². The van der Waals surface area contributed by atoms with Gasteiger partial charge in [0.15, 0.2) is 0 Å². The number of halogens is 1. The van der Waals surface area contributed by atoms with E-state index in [1.54, 1.807) is 12.1 Å². The van der Waals surface area contributed by atoms with E-state index in [2.05, 4.69) is 0 Å². The summed E-state index contributed by atoms with van der Waals surface area (Å²) < 4.78 is 73.4. The highest BCUT2D eigenvalue weighted by Gasteiger charge is 2.28. The minimum Gasteiger partial charge on any atom is -0.379 e. The van der Waals surface area contributed by atoms with Gasteiger partial charge >= 0.3 is 0 Å². The zero-order valence-corrected chi connectivity index (χ0v) is 19.7. The second-order valence-corrected chi connectivity index (χ2v) is 11.5. The van der Waals surface area contributed by atoms with Crippen molar-refractivity contribution >= 4 is 20.0 Å². The number of nitrogens with zero attached hydrogens (tertiary/aromatic N) is 2. The maximum absolute atomic E-state index is 13.3. The molecule has 0 atom stereocenters. The van der Waals surface area contributed by atoms with Crippen LogP contribution in [0.25, 0.3) is 0 Å². The van der Waals surface area contributed by atoms with Crippen LogP contribution in [-0.2, 0) is 31.3 Å². The second kappa shape index (κ2) is 10.8. The molecule has 0 radical (unpaired) electrons. The van der Waals surface area contributed by atoms with E-state index in [4.69, 9.17) is 4.74 Å². The third kappa shape index (κ3) is 5.93. The highest BCUT2D eigenvalue weighted by molar-refractivity contribution is 7.89. The van der Waals surface area contributed by atoms with Gasteiger partial charge in [-0.05, 0) is 48.4 Å². The number of unbranched alkanes of at least 4 members (excludes halogenated alkanes) is 2. The van der Waals surface area contributed by atoms with Crippen LogP contribution >= 0.6 is 0 Å². The van der Waals surface area contributed by atoms with E-state index in [9.17, 15) is 21.2 Å². The van der Waals surface area contributed by atoms with Gasteiger partial charge in [-0.25, -0.2) is 21.2 Å². The molecule has 1 saturated heterocycles. The molecule has 0 bridgehead atoms. The predicted octanol–water partition coefficient (Wildman–Crippen LogP) is 3.23. The van der Waals surface area contributed by atoms with Crippen molar-refractivity contribution in [2.75, 3.05) is 32.8 Å². The minimum atomic E-state index is -3.87. The lowest BCUT2D eigenvalue weighted by molar-refractivity contribution is 0.0730. The summed E-state index contributed by atoms with van der Waals surface area (Å²) in [6.45, 7) is 3.67. The smallest absolute Gasteiger partial charge is 0.243 e. The number of benzene rings is 2. The van der Waals surface area contributed by atoms with Crippen molar-refractivity contribution in [1.82, 2.24) is 8.61 Å². The van der Waals surface area contributed by atoms with Gasteiger partial charge in [0, 0.05) is 26.2 Å². The SMILES string of the molecule is CCCCCN(Cc1ccc(F)cc1)S(=O)(=O)c1ccc(S(=O)(=O)N2CCOCC2)cc1. The number of hydrogen-bond donors (Lipinski definition) is 0. The van der Waals surface area contributed by atoms with Crippen molar-refractivity contribution in [1.29, 1.82) is 0 Å². The predicted molar refractivity (Wildman–Crippen MR) is 120 cm³/mol. The van der Waals surface area contributed by atoms with Gasteiger partial charge in [0.25, 0.3) is 0 Å². The van der Waals surface area contributed by atoms with E-state index < -0.39 is 20.0 Å². The lowest BCUT2D eigenvalue weighted by atomic mass is 10.2. The first kappa shape index (κ1) is 24.8. The fraction of sp³-hybridized carbons (Fsp3) is 0.455. The van der Waals surface area contributed by atoms with Gasteiger partial charge in [-0.1, -0.05) is 31.9 Å². The molecule has 10 heteroatoms. The Labute approximate surface area is 189 Å². The number of rotatable bonds is 10. The third-order valence-corrected chi connectivity index (χ3v) is 9.12. The largest absolute Gasteiger partial charge is 0.379 e. The molecule has 2 aromatic carbocycles. The molecule has 1 heterocycles. The van der Waals surface area contributed by atoms with Crippen LogP contribution in [0.3, 0.4) is 0 Å². The Morgan fingerprint density at radius 2 is 1.50 bits per heavy atom. The van der Waals surface area contributed by atoms with Gasteiger partial charge in [-0.3, -0.25) is 0 Å². The summed E-state index contributed by atoms with van der Waals surface area (Å²) >= 11 is 0. The number of morpholine rings is 1. The Morgan fingerprint density at radius 1 is 0.906 bits per heavy atom. The lowest BCUT2D eigenvalue weighted by Gasteiger charge is -2.26. The number of hydrogen-bond acceptors (Lipinski definition) is 5. The van der Waals surface area contributed by atoms with Crippen LogP contribution in [0, 0.1) is 5.82 Å².